The van der Waals surface area contributed by atoms with Gasteiger partial charge in [-0.15, -0.1) is 0 Å². The SMILES string of the molecule is N#Cc1ccc(Cl)c(-c2ccc3c(c2)c(NC(=O)C2CC(NC4CCC4)C2)nn3C(c2ccccc2)(c2ccccc2)c2ccccc2)c1. The monoisotopic (exact) mass is 661 g/mol. The quantitative estimate of drug-likeness (QED) is 0.152. The van der Waals surface area contributed by atoms with Crippen LogP contribution in [-0.2, 0) is 10.3 Å². The van der Waals surface area contributed by atoms with Crippen LogP contribution in [0.2, 0.25) is 5.02 Å². The van der Waals surface area contributed by atoms with Crippen LogP contribution in [0, 0.1) is 17.2 Å². The van der Waals surface area contributed by atoms with E-state index in [0.29, 0.717) is 28.5 Å². The number of nitrogens with one attached hydrogen (secondary N) is 2. The molecule has 7 heteroatoms. The second-order valence-corrected chi connectivity index (χ2v) is 13.7. The Morgan fingerprint density at radius 3 is 1.96 bits per heavy atom. The molecule has 0 unspecified atom stereocenters. The third-order valence-electron chi connectivity index (χ3n) is 10.3. The first kappa shape index (κ1) is 31.1. The molecule has 0 atom stereocenters. The Morgan fingerprint density at radius 2 is 1.41 bits per heavy atom. The lowest BCUT2D eigenvalue weighted by Crippen LogP contribution is -2.51. The van der Waals surface area contributed by atoms with Crippen molar-refractivity contribution in [3.63, 3.8) is 0 Å². The van der Waals surface area contributed by atoms with E-state index in [-0.39, 0.29) is 11.8 Å². The molecule has 5 aromatic carbocycles. The van der Waals surface area contributed by atoms with Crippen molar-refractivity contribution in [2.24, 2.45) is 5.92 Å². The average molecular weight is 662 g/mol. The van der Waals surface area contributed by atoms with Crippen LogP contribution in [-0.4, -0.2) is 27.8 Å². The van der Waals surface area contributed by atoms with E-state index in [2.05, 4.69) is 94.2 Å². The first-order valence-corrected chi connectivity index (χ1v) is 17.4. The average Bonchev–Trinajstić information content (AvgIpc) is 3.46. The Balaban J connectivity index is 1.32. The van der Waals surface area contributed by atoms with Crippen molar-refractivity contribution in [3.05, 3.63) is 155 Å². The molecular weight excluding hydrogens is 626 g/mol. The predicted molar refractivity (Wildman–Crippen MR) is 195 cm³/mol. The van der Waals surface area contributed by atoms with Gasteiger partial charge in [-0.25, -0.2) is 4.68 Å². The van der Waals surface area contributed by atoms with Gasteiger partial charge < -0.3 is 10.6 Å². The Labute approximate surface area is 291 Å². The topological polar surface area (TPSA) is 82.7 Å². The van der Waals surface area contributed by atoms with Gasteiger partial charge in [-0.1, -0.05) is 115 Å². The van der Waals surface area contributed by atoms with Gasteiger partial charge in [0.15, 0.2) is 5.82 Å². The molecule has 49 heavy (non-hydrogen) atoms. The molecule has 1 heterocycles. The molecule has 1 aromatic heterocycles. The van der Waals surface area contributed by atoms with Crippen LogP contribution in [0.4, 0.5) is 5.82 Å². The summed E-state index contributed by atoms with van der Waals surface area (Å²) in [4.78, 5) is 13.9. The molecule has 0 aliphatic heterocycles. The summed E-state index contributed by atoms with van der Waals surface area (Å²) in [5.74, 6) is 0.402. The lowest BCUT2D eigenvalue weighted by Gasteiger charge is -2.40. The molecule has 2 saturated carbocycles. The Morgan fingerprint density at radius 1 is 0.796 bits per heavy atom. The van der Waals surface area contributed by atoms with Crippen LogP contribution in [0.3, 0.4) is 0 Å². The predicted octanol–water partition coefficient (Wildman–Crippen LogP) is 8.93. The summed E-state index contributed by atoms with van der Waals surface area (Å²) in [7, 11) is 0. The van der Waals surface area contributed by atoms with E-state index in [0.717, 1.165) is 51.6 Å². The van der Waals surface area contributed by atoms with Gasteiger partial charge in [0.2, 0.25) is 5.91 Å². The second kappa shape index (κ2) is 13.0. The van der Waals surface area contributed by atoms with Crippen molar-refractivity contribution in [3.8, 4) is 17.2 Å². The van der Waals surface area contributed by atoms with Crippen molar-refractivity contribution in [2.45, 2.75) is 49.7 Å². The van der Waals surface area contributed by atoms with E-state index in [4.69, 9.17) is 16.7 Å². The van der Waals surface area contributed by atoms with E-state index in [1.165, 1.54) is 19.3 Å². The van der Waals surface area contributed by atoms with Gasteiger partial charge in [-0.05, 0) is 78.3 Å². The number of hydrogen-bond acceptors (Lipinski definition) is 4. The highest BCUT2D eigenvalue weighted by Crippen LogP contribution is 2.44. The van der Waals surface area contributed by atoms with Gasteiger partial charge in [0.05, 0.1) is 17.1 Å². The number of anilines is 1. The normalized spacial score (nSPS) is 17.6. The van der Waals surface area contributed by atoms with Gasteiger partial charge >= 0.3 is 0 Å². The summed E-state index contributed by atoms with van der Waals surface area (Å²) in [6, 6.07) is 45.8. The number of nitriles is 1. The molecule has 0 radical (unpaired) electrons. The molecule has 242 valence electrons. The molecule has 0 saturated heterocycles. The lowest BCUT2D eigenvalue weighted by molar-refractivity contribution is -0.123. The second-order valence-electron chi connectivity index (χ2n) is 13.3. The summed E-state index contributed by atoms with van der Waals surface area (Å²) >= 11 is 6.71. The summed E-state index contributed by atoms with van der Waals surface area (Å²) in [5, 5.41) is 23.3. The summed E-state index contributed by atoms with van der Waals surface area (Å²) in [5.41, 5.74) is 5.18. The zero-order valence-corrected chi connectivity index (χ0v) is 27.8. The van der Waals surface area contributed by atoms with Crippen molar-refractivity contribution in [2.75, 3.05) is 5.32 Å². The van der Waals surface area contributed by atoms with Crippen LogP contribution in [0.15, 0.2) is 127 Å². The molecule has 2 aliphatic carbocycles. The number of amides is 1. The minimum Gasteiger partial charge on any atom is -0.311 e. The van der Waals surface area contributed by atoms with E-state index in [1.807, 2.05) is 36.4 Å². The van der Waals surface area contributed by atoms with Gasteiger partial charge in [-0.3, -0.25) is 4.79 Å². The number of fused-ring (bicyclic) bond motifs is 1. The number of benzene rings is 5. The minimum atomic E-state index is -0.876. The Kier molecular flexibility index (Phi) is 8.25. The molecule has 8 rings (SSSR count). The molecule has 2 aliphatic rings. The number of aromatic nitrogens is 2. The van der Waals surface area contributed by atoms with Gasteiger partial charge in [0, 0.05) is 34.0 Å². The smallest absolute Gasteiger partial charge is 0.228 e. The highest BCUT2D eigenvalue weighted by atomic mass is 35.5. The summed E-state index contributed by atoms with van der Waals surface area (Å²) in [6.07, 6.45) is 5.39. The molecule has 0 bridgehead atoms. The van der Waals surface area contributed by atoms with E-state index in [1.54, 1.807) is 18.2 Å². The molecular formula is C42H36ClN5O. The fraction of sp³-hybridized carbons (Fsp3) is 0.214. The molecule has 2 N–H and O–H groups in total. The molecule has 1 amide bonds. The number of halogens is 1. The van der Waals surface area contributed by atoms with Gasteiger partial charge in [-0.2, -0.15) is 10.4 Å². The fourth-order valence-electron chi connectivity index (χ4n) is 7.45. The van der Waals surface area contributed by atoms with Crippen LogP contribution < -0.4 is 10.6 Å². The Bertz CT molecular complexity index is 2070. The van der Waals surface area contributed by atoms with Crippen LogP contribution in [0.25, 0.3) is 22.0 Å². The van der Waals surface area contributed by atoms with Crippen LogP contribution in [0.5, 0.6) is 0 Å². The summed E-state index contributed by atoms with van der Waals surface area (Å²) < 4.78 is 2.07. The first-order chi connectivity index (χ1) is 24.0. The zero-order valence-electron chi connectivity index (χ0n) is 27.0. The zero-order chi connectivity index (χ0) is 33.4. The van der Waals surface area contributed by atoms with Crippen LogP contribution in [0.1, 0.15) is 54.4 Å². The molecule has 2 fully saturated rings. The minimum absolute atomic E-state index is 0.0159. The largest absolute Gasteiger partial charge is 0.311 e. The lowest BCUT2D eigenvalue weighted by atomic mass is 9.77. The maximum Gasteiger partial charge on any atom is 0.228 e. The van der Waals surface area contributed by atoms with Crippen molar-refractivity contribution < 1.29 is 4.79 Å². The highest BCUT2D eigenvalue weighted by molar-refractivity contribution is 6.33. The first-order valence-electron chi connectivity index (χ1n) is 17.0. The highest BCUT2D eigenvalue weighted by Gasteiger charge is 2.42. The van der Waals surface area contributed by atoms with E-state index in [9.17, 15) is 10.1 Å². The summed E-state index contributed by atoms with van der Waals surface area (Å²) in [6.45, 7) is 0. The van der Waals surface area contributed by atoms with Crippen LogP contribution >= 0.6 is 11.6 Å². The standard InChI is InChI=1S/C42H36ClN5O/c43-38-21-19-28(27-44)23-36(38)29-20-22-39-37(26-29)40(46-41(49)30-24-35(25-30)45-34-17-10-18-34)47-48(39)42(31-11-4-1-5-12-31,32-13-6-2-7-14-32)33-15-8-3-9-16-33/h1-9,11-16,19-23,26,30,34-35,45H,10,17-18,24-25H2,(H,46,47,49). The Hall–Kier alpha value is -5.22. The molecule has 6 nitrogen and oxygen atoms in total. The number of nitrogens with zero attached hydrogens (tertiary/aromatic N) is 3. The third-order valence-corrected chi connectivity index (χ3v) is 10.6. The number of carbonyl (C=O) groups is 1. The van der Waals surface area contributed by atoms with Gasteiger partial charge in [0.1, 0.15) is 5.54 Å². The van der Waals surface area contributed by atoms with Crippen molar-refractivity contribution in [1.29, 1.82) is 5.26 Å². The van der Waals surface area contributed by atoms with E-state index >= 15 is 0 Å². The number of rotatable bonds is 9. The molecule has 6 aromatic rings. The maximum atomic E-state index is 13.9. The fourth-order valence-corrected chi connectivity index (χ4v) is 7.68. The van der Waals surface area contributed by atoms with Crippen molar-refractivity contribution >= 4 is 34.2 Å². The van der Waals surface area contributed by atoms with Gasteiger partial charge in [0.25, 0.3) is 0 Å². The van der Waals surface area contributed by atoms with E-state index < -0.39 is 5.54 Å². The third kappa shape index (κ3) is 5.59. The number of hydrogen-bond donors (Lipinski definition) is 2. The molecule has 0 spiro atoms. The maximum absolute atomic E-state index is 13.9. The van der Waals surface area contributed by atoms with Crippen molar-refractivity contribution in [1.82, 2.24) is 15.1 Å². The number of carbonyl (C=O) groups excluding carboxylic acids is 1.